The summed E-state index contributed by atoms with van der Waals surface area (Å²) in [6.45, 7) is 9.13. The van der Waals surface area contributed by atoms with Crippen LogP contribution in [0.4, 0.5) is 0 Å². The van der Waals surface area contributed by atoms with Gasteiger partial charge in [-0.15, -0.1) is 23.1 Å². The summed E-state index contributed by atoms with van der Waals surface area (Å²) in [6.07, 6.45) is 4.02. The van der Waals surface area contributed by atoms with Crippen LogP contribution in [-0.2, 0) is 11.8 Å². The summed E-state index contributed by atoms with van der Waals surface area (Å²) in [4.78, 5) is 17.9. The quantitative estimate of drug-likeness (QED) is 0.846. The molecule has 0 bridgehead atoms. The summed E-state index contributed by atoms with van der Waals surface area (Å²) in [5.74, 6) is -0.946. The van der Waals surface area contributed by atoms with Crippen LogP contribution in [0.5, 0.6) is 0 Å². The van der Waals surface area contributed by atoms with Crippen molar-refractivity contribution < 1.29 is 9.90 Å². The van der Waals surface area contributed by atoms with Crippen molar-refractivity contribution in [2.24, 2.45) is 5.41 Å². The Bertz CT molecular complexity index is 741. The Morgan fingerprint density at radius 2 is 2.05 bits per heavy atom. The van der Waals surface area contributed by atoms with Gasteiger partial charge in [0.1, 0.15) is 5.03 Å². The smallest absolute Gasteiger partial charge is 0.357 e. The number of hydrogen-bond donors (Lipinski definition) is 1. The van der Waals surface area contributed by atoms with Crippen LogP contribution in [0.25, 0.3) is 4.96 Å². The fourth-order valence-corrected chi connectivity index (χ4v) is 5.76. The number of imidazole rings is 1. The first-order valence-corrected chi connectivity index (χ1v) is 9.02. The molecule has 0 radical (unpaired) electrons. The van der Waals surface area contributed by atoms with E-state index in [0.29, 0.717) is 0 Å². The Morgan fingerprint density at radius 3 is 2.62 bits per heavy atom. The van der Waals surface area contributed by atoms with E-state index in [-0.39, 0.29) is 16.5 Å². The predicted molar refractivity (Wildman–Crippen MR) is 86.9 cm³/mol. The molecule has 21 heavy (non-hydrogen) atoms. The molecule has 2 heterocycles. The molecule has 0 atom stereocenters. The maximum absolute atomic E-state index is 11.4. The minimum Gasteiger partial charge on any atom is -0.476 e. The highest BCUT2D eigenvalue weighted by molar-refractivity contribution is 7.98. The maximum Gasteiger partial charge on any atom is 0.357 e. The van der Waals surface area contributed by atoms with Gasteiger partial charge in [0.25, 0.3) is 0 Å². The Kier molecular flexibility index (Phi) is 3.19. The Hall–Kier alpha value is -1.01. The molecule has 0 saturated heterocycles. The second-order valence-corrected chi connectivity index (χ2v) is 8.94. The molecule has 0 saturated carbocycles. The summed E-state index contributed by atoms with van der Waals surface area (Å²) in [7, 11) is 0. The topological polar surface area (TPSA) is 54.6 Å². The lowest BCUT2D eigenvalue weighted by Gasteiger charge is -2.40. The molecule has 2 aromatic rings. The molecule has 3 rings (SSSR count). The Balaban J connectivity index is 2.33. The van der Waals surface area contributed by atoms with Crippen LogP contribution in [-0.4, -0.2) is 26.7 Å². The number of carbonyl (C=O) groups is 1. The molecule has 0 amide bonds. The molecule has 1 N–H and O–H groups in total. The lowest BCUT2D eigenvalue weighted by molar-refractivity contribution is 0.0687. The van der Waals surface area contributed by atoms with E-state index in [1.54, 1.807) is 11.3 Å². The second-order valence-electron chi connectivity index (χ2n) is 7.17. The first-order valence-electron chi connectivity index (χ1n) is 6.98. The fourth-order valence-electron chi connectivity index (χ4n) is 3.75. The molecule has 0 unspecified atom stereocenters. The summed E-state index contributed by atoms with van der Waals surface area (Å²) >= 11 is 3.11. The van der Waals surface area contributed by atoms with E-state index in [1.807, 2.05) is 6.26 Å². The number of aromatic nitrogens is 2. The van der Waals surface area contributed by atoms with Gasteiger partial charge >= 0.3 is 5.97 Å². The number of thioether (sulfide) groups is 1. The van der Waals surface area contributed by atoms with Crippen molar-refractivity contribution in [3.05, 3.63) is 16.3 Å². The van der Waals surface area contributed by atoms with Crippen molar-refractivity contribution >= 4 is 34.0 Å². The molecule has 114 valence electrons. The highest BCUT2D eigenvalue weighted by atomic mass is 32.2. The van der Waals surface area contributed by atoms with E-state index in [4.69, 9.17) is 0 Å². The third kappa shape index (κ3) is 2.19. The van der Waals surface area contributed by atoms with E-state index < -0.39 is 5.97 Å². The molecule has 0 fully saturated rings. The van der Waals surface area contributed by atoms with Gasteiger partial charge in [0.05, 0.1) is 0 Å². The standard InChI is InChI=1S/C15H20N2O2S2/c1-14(2)6-8-10(15(3,4)7-14)21-13-16-9(12(18)19)11(20-5)17(8)13/h6-7H2,1-5H3,(H,18,19). The van der Waals surface area contributed by atoms with Gasteiger partial charge in [-0.05, 0) is 24.5 Å². The van der Waals surface area contributed by atoms with Crippen LogP contribution in [0.15, 0.2) is 5.03 Å². The van der Waals surface area contributed by atoms with Crippen molar-refractivity contribution in [2.45, 2.75) is 51.0 Å². The number of carboxylic acids is 1. The number of fused-ring (bicyclic) bond motifs is 3. The van der Waals surface area contributed by atoms with Crippen molar-refractivity contribution in [2.75, 3.05) is 6.26 Å². The number of aromatic carboxylic acids is 1. The van der Waals surface area contributed by atoms with Crippen LogP contribution in [0.1, 0.15) is 55.2 Å². The maximum atomic E-state index is 11.4. The van der Waals surface area contributed by atoms with Crippen LogP contribution < -0.4 is 0 Å². The van der Waals surface area contributed by atoms with E-state index in [1.165, 1.54) is 22.3 Å². The van der Waals surface area contributed by atoms with Gasteiger partial charge in [0.2, 0.25) is 0 Å². The molecular formula is C15H20N2O2S2. The Morgan fingerprint density at radius 1 is 1.38 bits per heavy atom. The number of rotatable bonds is 2. The summed E-state index contributed by atoms with van der Waals surface area (Å²) in [5, 5.41) is 10.1. The number of hydrogen-bond acceptors (Lipinski definition) is 4. The fraction of sp³-hybridized carbons (Fsp3) is 0.600. The van der Waals surface area contributed by atoms with Crippen LogP contribution in [0.3, 0.4) is 0 Å². The van der Waals surface area contributed by atoms with Gasteiger partial charge in [-0.1, -0.05) is 27.7 Å². The van der Waals surface area contributed by atoms with Gasteiger partial charge in [-0.2, -0.15) is 0 Å². The van der Waals surface area contributed by atoms with Crippen molar-refractivity contribution in [1.82, 2.24) is 9.38 Å². The Labute approximate surface area is 132 Å². The zero-order chi connectivity index (χ0) is 15.6. The lowest BCUT2D eigenvalue weighted by Crippen LogP contribution is -2.34. The first-order chi connectivity index (χ1) is 9.66. The zero-order valence-corrected chi connectivity index (χ0v) is 14.6. The largest absolute Gasteiger partial charge is 0.476 e. The average molecular weight is 324 g/mol. The average Bonchev–Trinajstić information content (AvgIpc) is 2.83. The molecule has 0 spiro atoms. The van der Waals surface area contributed by atoms with Gasteiger partial charge < -0.3 is 5.11 Å². The first kappa shape index (κ1) is 14.9. The third-order valence-corrected chi connectivity index (χ3v) is 6.32. The van der Waals surface area contributed by atoms with Crippen molar-refractivity contribution in [3.8, 4) is 0 Å². The minimum absolute atomic E-state index is 0.113. The van der Waals surface area contributed by atoms with Gasteiger partial charge in [0, 0.05) is 16.0 Å². The third-order valence-electron chi connectivity index (χ3n) is 4.11. The molecule has 0 aromatic carbocycles. The highest BCUT2D eigenvalue weighted by Crippen LogP contribution is 2.49. The second kappa shape index (κ2) is 4.49. The highest BCUT2D eigenvalue weighted by Gasteiger charge is 2.41. The van der Waals surface area contributed by atoms with E-state index in [2.05, 4.69) is 37.1 Å². The number of carboxylic acid groups (broad SMARTS) is 1. The van der Waals surface area contributed by atoms with E-state index in [0.717, 1.165) is 22.8 Å². The predicted octanol–water partition coefficient (Wildman–Crippen LogP) is 4.07. The number of thiazole rings is 1. The van der Waals surface area contributed by atoms with Crippen molar-refractivity contribution in [3.63, 3.8) is 0 Å². The normalized spacial score (nSPS) is 19.7. The van der Waals surface area contributed by atoms with Crippen molar-refractivity contribution in [1.29, 1.82) is 0 Å². The molecule has 1 aliphatic rings. The monoisotopic (exact) mass is 324 g/mol. The summed E-state index contributed by atoms with van der Waals surface area (Å²) in [6, 6.07) is 0. The zero-order valence-electron chi connectivity index (χ0n) is 13.0. The van der Waals surface area contributed by atoms with E-state index in [9.17, 15) is 9.90 Å². The minimum atomic E-state index is -0.946. The van der Waals surface area contributed by atoms with Gasteiger partial charge in [-0.3, -0.25) is 4.40 Å². The molecule has 1 aliphatic carbocycles. The molecule has 0 aliphatic heterocycles. The van der Waals surface area contributed by atoms with E-state index >= 15 is 0 Å². The number of nitrogens with zero attached hydrogens (tertiary/aromatic N) is 2. The molecular weight excluding hydrogens is 304 g/mol. The van der Waals surface area contributed by atoms with Crippen LogP contribution >= 0.6 is 23.1 Å². The molecule has 6 heteroatoms. The molecule has 4 nitrogen and oxygen atoms in total. The summed E-state index contributed by atoms with van der Waals surface area (Å²) < 4.78 is 2.08. The lowest BCUT2D eigenvalue weighted by atomic mass is 9.67. The van der Waals surface area contributed by atoms with Gasteiger partial charge in [0.15, 0.2) is 10.7 Å². The molecule has 2 aromatic heterocycles. The SMILES string of the molecule is CSc1c(C(=O)O)nc2sc3c(n12)CC(C)(C)CC3(C)C. The van der Waals surface area contributed by atoms with Crippen LogP contribution in [0, 0.1) is 5.41 Å². The summed E-state index contributed by atoms with van der Waals surface area (Å²) in [5.41, 5.74) is 1.76. The van der Waals surface area contributed by atoms with Gasteiger partial charge in [-0.25, -0.2) is 9.78 Å². The van der Waals surface area contributed by atoms with Crippen LogP contribution in [0.2, 0.25) is 0 Å².